The van der Waals surface area contributed by atoms with Gasteiger partial charge in [-0.2, -0.15) is 0 Å². The molecule has 0 fully saturated rings. The van der Waals surface area contributed by atoms with Crippen LogP contribution in [-0.2, 0) is 0 Å². The summed E-state index contributed by atoms with van der Waals surface area (Å²) in [5.74, 6) is 0.542. The molecule has 0 heterocycles. The summed E-state index contributed by atoms with van der Waals surface area (Å²) in [6.07, 6.45) is 0. The maximum atomic E-state index is 12.5. The number of aryl methyl sites for hydroxylation is 1. The minimum absolute atomic E-state index is 0.0610. The van der Waals surface area contributed by atoms with Gasteiger partial charge in [0.05, 0.1) is 0 Å². The Morgan fingerprint density at radius 2 is 1.68 bits per heavy atom. The third-order valence-corrected chi connectivity index (χ3v) is 3.90. The van der Waals surface area contributed by atoms with Crippen LogP contribution in [0.25, 0.3) is 0 Å². The van der Waals surface area contributed by atoms with Crippen molar-refractivity contribution < 1.29 is 4.79 Å². The van der Waals surface area contributed by atoms with E-state index in [-0.39, 0.29) is 5.78 Å². The van der Waals surface area contributed by atoms with E-state index in [1.165, 1.54) is 5.56 Å². The maximum Gasteiger partial charge on any atom is 0.194 e. The second-order valence-electron chi connectivity index (χ2n) is 5.09. The van der Waals surface area contributed by atoms with Gasteiger partial charge < -0.3 is 0 Å². The predicted molar refractivity (Wildman–Crippen MR) is 82.8 cm³/mol. The molecule has 1 nitrogen and oxygen atoms in total. The molecule has 2 aromatic carbocycles. The summed E-state index contributed by atoms with van der Waals surface area (Å²) >= 11 is 3.45. The van der Waals surface area contributed by atoms with Gasteiger partial charge in [-0.15, -0.1) is 0 Å². The lowest BCUT2D eigenvalue weighted by molar-refractivity contribution is 0.103. The first-order valence-electron chi connectivity index (χ1n) is 6.40. The van der Waals surface area contributed by atoms with Crippen molar-refractivity contribution in [2.24, 2.45) is 0 Å². The van der Waals surface area contributed by atoms with Crippen molar-refractivity contribution >= 4 is 21.7 Å². The fourth-order valence-electron chi connectivity index (χ4n) is 1.99. The number of halogens is 1. The molecule has 0 bridgehead atoms. The molecule has 0 unspecified atom stereocenters. The van der Waals surface area contributed by atoms with Gasteiger partial charge in [0, 0.05) is 15.6 Å². The van der Waals surface area contributed by atoms with Gasteiger partial charge in [0.1, 0.15) is 0 Å². The van der Waals surface area contributed by atoms with Crippen molar-refractivity contribution in [3.8, 4) is 0 Å². The summed E-state index contributed by atoms with van der Waals surface area (Å²) in [5, 5.41) is 0. The Bertz CT molecular complexity index is 597. The second-order valence-corrected chi connectivity index (χ2v) is 5.94. The average molecular weight is 317 g/mol. The van der Waals surface area contributed by atoms with Crippen molar-refractivity contribution in [3.63, 3.8) is 0 Å². The highest BCUT2D eigenvalue weighted by Gasteiger charge is 2.13. The van der Waals surface area contributed by atoms with Gasteiger partial charge in [0.2, 0.25) is 0 Å². The van der Waals surface area contributed by atoms with Gasteiger partial charge >= 0.3 is 0 Å². The van der Waals surface area contributed by atoms with E-state index in [0.717, 1.165) is 21.2 Å². The molecule has 0 radical (unpaired) electrons. The zero-order valence-electron chi connectivity index (χ0n) is 11.4. The van der Waals surface area contributed by atoms with Crippen molar-refractivity contribution in [2.45, 2.75) is 26.7 Å². The van der Waals surface area contributed by atoms with E-state index in [1.807, 2.05) is 49.4 Å². The highest BCUT2D eigenvalue weighted by Crippen LogP contribution is 2.22. The van der Waals surface area contributed by atoms with Crippen LogP contribution in [0, 0.1) is 6.92 Å². The molecule has 2 rings (SSSR count). The van der Waals surface area contributed by atoms with Crippen molar-refractivity contribution in [3.05, 3.63) is 69.2 Å². The largest absolute Gasteiger partial charge is 0.289 e. The molecule has 19 heavy (non-hydrogen) atoms. The van der Waals surface area contributed by atoms with E-state index in [2.05, 4.69) is 29.8 Å². The maximum absolute atomic E-state index is 12.5. The first-order chi connectivity index (χ1) is 8.99. The van der Waals surface area contributed by atoms with Crippen LogP contribution in [0.1, 0.15) is 46.8 Å². The molecule has 0 aliphatic carbocycles. The number of hydrogen-bond acceptors (Lipinski definition) is 1. The number of hydrogen-bond donors (Lipinski definition) is 0. The quantitative estimate of drug-likeness (QED) is 0.719. The lowest BCUT2D eigenvalue weighted by Crippen LogP contribution is -2.03. The van der Waals surface area contributed by atoms with Crippen LogP contribution < -0.4 is 0 Å². The first kappa shape index (κ1) is 14.0. The molecule has 0 spiro atoms. The lowest BCUT2D eigenvalue weighted by atomic mass is 9.97. The van der Waals surface area contributed by atoms with Gasteiger partial charge in [-0.05, 0) is 30.5 Å². The molecule has 0 atom stereocenters. The molecule has 0 amide bonds. The minimum Gasteiger partial charge on any atom is -0.289 e. The summed E-state index contributed by atoms with van der Waals surface area (Å²) in [5.41, 5.74) is 3.79. The Morgan fingerprint density at radius 3 is 2.26 bits per heavy atom. The second kappa shape index (κ2) is 5.70. The van der Waals surface area contributed by atoms with Crippen LogP contribution >= 0.6 is 15.9 Å². The van der Waals surface area contributed by atoms with Crippen molar-refractivity contribution in [2.75, 3.05) is 0 Å². The van der Waals surface area contributed by atoms with Crippen LogP contribution in [-0.4, -0.2) is 5.78 Å². The Morgan fingerprint density at radius 1 is 1.05 bits per heavy atom. The van der Waals surface area contributed by atoms with E-state index in [1.54, 1.807) is 0 Å². The third kappa shape index (κ3) is 3.13. The van der Waals surface area contributed by atoms with Crippen LogP contribution in [0.2, 0.25) is 0 Å². The number of benzene rings is 2. The Kier molecular flexibility index (Phi) is 4.20. The van der Waals surface area contributed by atoms with Crippen LogP contribution in [0.15, 0.2) is 46.9 Å². The van der Waals surface area contributed by atoms with E-state index in [0.29, 0.717) is 5.92 Å². The molecule has 0 saturated carbocycles. The van der Waals surface area contributed by atoms with E-state index < -0.39 is 0 Å². The van der Waals surface area contributed by atoms with Gasteiger partial charge in [0.15, 0.2) is 5.78 Å². The molecule has 2 heteroatoms. The molecule has 2 aromatic rings. The summed E-state index contributed by atoms with van der Waals surface area (Å²) in [7, 11) is 0. The fourth-order valence-corrected chi connectivity index (χ4v) is 2.41. The number of carbonyl (C=O) groups excluding carboxylic acids is 1. The van der Waals surface area contributed by atoms with Gasteiger partial charge in [-0.3, -0.25) is 4.79 Å². The fraction of sp³-hybridized carbons (Fsp3) is 0.235. The highest BCUT2D eigenvalue weighted by atomic mass is 79.9. The van der Waals surface area contributed by atoms with Crippen LogP contribution in [0.3, 0.4) is 0 Å². The standard InChI is InChI=1S/C17H17BrO/c1-11(2)13-5-7-14(8-6-13)17(19)15-10-12(3)4-9-16(15)18/h4-11H,1-3H3. The molecule has 98 valence electrons. The van der Waals surface area contributed by atoms with Gasteiger partial charge in [0.25, 0.3) is 0 Å². The molecule has 0 aliphatic heterocycles. The molecule has 0 saturated heterocycles. The van der Waals surface area contributed by atoms with Crippen LogP contribution in [0.4, 0.5) is 0 Å². The number of ketones is 1. The Balaban J connectivity index is 2.36. The van der Waals surface area contributed by atoms with Crippen molar-refractivity contribution in [1.82, 2.24) is 0 Å². The zero-order valence-corrected chi connectivity index (χ0v) is 13.0. The predicted octanol–water partition coefficient (Wildman–Crippen LogP) is 5.11. The van der Waals surface area contributed by atoms with E-state index in [9.17, 15) is 4.79 Å². The average Bonchev–Trinajstić information content (AvgIpc) is 2.41. The lowest BCUT2D eigenvalue weighted by Gasteiger charge is -2.08. The normalized spacial score (nSPS) is 10.8. The summed E-state index contributed by atoms with van der Waals surface area (Å²) in [6.45, 7) is 6.28. The highest BCUT2D eigenvalue weighted by molar-refractivity contribution is 9.10. The summed E-state index contributed by atoms with van der Waals surface area (Å²) in [6, 6.07) is 13.7. The molecule has 0 aliphatic rings. The minimum atomic E-state index is 0.0610. The molecule has 0 N–H and O–H groups in total. The third-order valence-electron chi connectivity index (χ3n) is 3.21. The monoisotopic (exact) mass is 316 g/mol. The molecular weight excluding hydrogens is 300 g/mol. The van der Waals surface area contributed by atoms with Gasteiger partial charge in [-0.25, -0.2) is 0 Å². The van der Waals surface area contributed by atoms with Crippen molar-refractivity contribution in [1.29, 1.82) is 0 Å². The smallest absolute Gasteiger partial charge is 0.194 e. The SMILES string of the molecule is Cc1ccc(Br)c(C(=O)c2ccc(C(C)C)cc2)c1. The first-order valence-corrected chi connectivity index (χ1v) is 7.19. The van der Waals surface area contributed by atoms with E-state index in [4.69, 9.17) is 0 Å². The summed E-state index contributed by atoms with van der Waals surface area (Å²) < 4.78 is 0.844. The topological polar surface area (TPSA) is 17.1 Å². The van der Waals surface area contributed by atoms with Gasteiger partial charge in [-0.1, -0.05) is 65.7 Å². The van der Waals surface area contributed by atoms with Crippen LogP contribution in [0.5, 0.6) is 0 Å². The number of carbonyl (C=O) groups is 1. The molecular formula is C17H17BrO. The Hall–Kier alpha value is -1.41. The Labute approximate surface area is 122 Å². The molecule has 0 aromatic heterocycles. The summed E-state index contributed by atoms with van der Waals surface area (Å²) in [4.78, 5) is 12.5. The number of rotatable bonds is 3. The van der Waals surface area contributed by atoms with E-state index >= 15 is 0 Å². The zero-order chi connectivity index (χ0) is 14.0.